The van der Waals surface area contributed by atoms with Gasteiger partial charge >= 0.3 is 5.97 Å². The number of carbonyl (C=O) groups is 1. The van der Waals surface area contributed by atoms with Gasteiger partial charge in [-0.3, -0.25) is 4.79 Å². The Balaban J connectivity index is 0.00000106. The zero-order valence-electron chi connectivity index (χ0n) is 9.86. The van der Waals surface area contributed by atoms with E-state index < -0.39 is 0 Å². The van der Waals surface area contributed by atoms with E-state index >= 15 is 0 Å². The fourth-order valence-corrected chi connectivity index (χ4v) is 1.27. The van der Waals surface area contributed by atoms with Crippen molar-refractivity contribution in [1.29, 1.82) is 0 Å². The van der Waals surface area contributed by atoms with Crippen LogP contribution >= 0.6 is 0 Å². The van der Waals surface area contributed by atoms with E-state index in [0.717, 1.165) is 18.2 Å². The number of aryl methyl sites for hydroxylation is 1. The van der Waals surface area contributed by atoms with Crippen molar-refractivity contribution in [3.8, 4) is 5.75 Å². The second-order valence-electron chi connectivity index (χ2n) is 3.17. The summed E-state index contributed by atoms with van der Waals surface area (Å²) < 4.78 is 4.98. The highest BCUT2D eigenvalue weighted by molar-refractivity contribution is 5.69. The molecule has 1 aromatic rings. The Labute approximate surface area is 95.5 Å². The molecule has 1 aromatic carbocycles. The van der Waals surface area contributed by atoms with Gasteiger partial charge in [0.2, 0.25) is 0 Å². The molecule has 0 radical (unpaired) electrons. The number of rotatable bonds is 3. The molecular weight excluding hydrogens is 208 g/mol. The molecular formula is C12H18O4. The van der Waals surface area contributed by atoms with E-state index in [1.165, 1.54) is 6.92 Å². The van der Waals surface area contributed by atoms with Crippen LogP contribution in [0, 0.1) is 6.92 Å². The lowest BCUT2D eigenvalue weighted by molar-refractivity contribution is -0.131. The van der Waals surface area contributed by atoms with E-state index in [1.807, 2.05) is 19.1 Å². The summed E-state index contributed by atoms with van der Waals surface area (Å²) in [6.45, 7) is 3.38. The lowest BCUT2D eigenvalue weighted by Gasteiger charge is -2.06. The first-order valence-electron chi connectivity index (χ1n) is 4.97. The van der Waals surface area contributed by atoms with Crippen molar-refractivity contribution in [1.82, 2.24) is 0 Å². The molecule has 0 heterocycles. The van der Waals surface area contributed by atoms with Crippen molar-refractivity contribution in [3.05, 3.63) is 29.3 Å². The zero-order chi connectivity index (χ0) is 12.6. The molecule has 0 spiro atoms. The van der Waals surface area contributed by atoms with Crippen molar-refractivity contribution in [2.75, 3.05) is 13.7 Å². The highest BCUT2D eigenvalue weighted by Gasteiger charge is 2.03. The van der Waals surface area contributed by atoms with Crippen LogP contribution in [0.25, 0.3) is 0 Å². The lowest BCUT2D eigenvalue weighted by Crippen LogP contribution is -2.03. The molecule has 0 amide bonds. The van der Waals surface area contributed by atoms with Gasteiger partial charge in [-0.25, -0.2) is 0 Å². The van der Waals surface area contributed by atoms with Crippen LogP contribution < -0.4 is 4.74 Å². The number of carbonyl (C=O) groups excluding carboxylic acids is 1. The van der Waals surface area contributed by atoms with Gasteiger partial charge in [-0.15, -0.1) is 0 Å². The fourth-order valence-electron chi connectivity index (χ4n) is 1.27. The molecule has 0 saturated heterocycles. The first-order valence-corrected chi connectivity index (χ1v) is 4.97. The minimum Gasteiger partial charge on any atom is -0.426 e. The smallest absolute Gasteiger partial charge is 0.308 e. The monoisotopic (exact) mass is 226 g/mol. The maximum Gasteiger partial charge on any atom is 0.308 e. The second kappa shape index (κ2) is 7.84. The van der Waals surface area contributed by atoms with E-state index in [-0.39, 0.29) is 12.6 Å². The predicted octanol–water partition coefficient (Wildman–Crippen LogP) is 1.06. The summed E-state index contributed by atoms with van der Waals surface area (Å²) in [5, 5.41) is 15.7. The van der Waals surface area contributed by atoms with Crippen LogP contribution in [0.2, 0.25) is 0 Å². The molecule has 4 heteroatoms. The SMILES string of the molecule is CC(=O)Oc1ccc(CCO)cc1C.CO. The summed E-state index contributed by atoms with van der Waals surface area (Å²) in [7, 11) is 1.00. The van der Waals surface area contributed by atoms with Crippen molar-refractivity contribution in [2.24, 2.45) is 0 Å². The minimum absolute atomic E-state index is 0.131. The number of esters is 1. The molecule has 1 rings (SSSR count). The molecule has 0 fully saturated rings. The van der Waals surface area contributed by atoms with Gasteiger partial charge in [0, 0.05) is 20.6 Å². The first kappa shape index (κ1) is 14.6. The lowest BCUT2D eigenvalue weighted by atomic mass is 10.1. The number of benzene rings is 1. The molecule has 0 aliphatic carbocycles. The third-order valence-corrected chi connectivity index (χ3v) is 1.89. The van der Waals surface area contributed by atoms with Crippen LogP contribution in [0.3, 0.4) is 0 Å². The molecule has 0 aliphatic rings. The van der Waals surface area contributed by atoms with E-state index in [0.29, 0.717) is 12.2 Å². The minimum atomic E-state index is -0.317. The standard InChI is InChI=1S/C11H14O3.CH4O/c1-8-7-10(5-6-12)3-4-11(8)14-9(2)13;1-2/h3-4,7,12H,5-6H2,1-2H3;2H,1H3. The Morgan fingerprint density at radius 3 is 2.44 bits per heavy atom. The van der Waals surface area contributed by atoms with Crippen LogP contribution in [0.1, 0.15) is 18.1 Å². The molecule has 2 N–H and O–H groups in total. The molecule has 0 bridgehead atoms. The van der Waals surface area contributed by atoms with Gasteiger partial charge < -0.3 is 14.9 Å². The van der Waals surface area contributed by atoms with E-state index in [4.69, 9.17) is 14.9 Å². The number of hydrogen-bond acceptors (Lipinski definition) is 4. The molecule has 0 saturated carbocycles. The topological polar surface area (TPSA) is 66.8 Å². The molecule has 0 aliphatic heterocycles. The summed E-state index contributed by atoms with van der Waals surface area (Å²) in [6.07, 6.45) is 0.626. The number of aliphatic hydroxyl groups is 2. The quantitative estimate of drug-likeness (QED) is 0.597. The van der Waals surface area contributed by atoms with Crippen LogP contribution in [-0.2, 0) is 11.2 Å². The molecule has 0 atom stereocenters. The number of hydrogen-bond donors (Lipinski definition) is 2. The summed E-state index contributed by atoms with van der Waals surface area (Å²) >= 11 is 0. The molecule has 0 aromatic heterocycles. The average molecular weight is 226 g/mol. The highest BCUT2D eigenvalue weighted by atomic mass is 16.5. The summed E-state index contributed by atoms with van der Waals surface area (Å²) in [5.41, 5.74) is 1.95. The van der Waals surface area contributed by atoms with Gasteiger partial charge in [-0.2, -0.15) is 0 Å². The fraction of sp³-hybridized carbons (Fsp3) is 0.417. The summed E-state index contributed by atoms with van der Waals surface area (Å²) in [6, 6.07) is 5.51. The molecule has 4 nitrogen and oxygen atoms in total. The Bertz CT molecular complexity index is 334. The van der Waals surface area contributed by atoms with Gasteiger partial charge in [-0.1, -0.05) is 12.1 Å². The van der Waals surface area contributed by atoms with Crippen LogP contribution in [0.4, 0.5) is 0 Å². The Morgan fingerprint density at radius 2 is 2.00 bits per heavy atom. The normalized spacial score (nSPS) is 9.06. The molecule has 16 heavy (non-hydrogen) atoms. The predicted molar refractivity (Wildman–Crippen MR) is 61.4 cm³/mol. The number of aliphatic hydroxyl groups excluding tert-OH is 2. The van der Waals surface area contributed by atoms with Crippen LogP contribution in [-0.4, -0.2) is 29.9 Å². The average Bonchev–Trinajstić information content (AvgIpc) is 2.25. The second-order valence-corrected chi connectivity index (χ2v) is 3.17. The van der Waals surface area contributed by atoms with Crippen LogP contribution in [0.5, 0.6) is 5.75 Å². The third kappa shape index (κ3) is 4.91. The maximum absolute atomic E-state index is 10.7. The third-order valence-electron chi connectivity index (χ3n) is 1.89. The van der Waals surface area contributed by atoms with Crippen molar-refractivity contribution in [2.45, 2.75) is 20.3 Å². The van der Waals surface area contributed by atoms with Crippen molar-refractivity contribution >= 4 is 5.97 Å². The molecule has 0 unspecified atom stereocenters. The summed E-state index contributed by atoms with van der Waals surface area (Å²) in [4.78, 5) is 10.7. The molecule has 90 valence electrons. The maximum atomic E-state index is 10.7. The van der Waals surface area contributed by atoms with Gasteiger partial charge in [-0.05, 0) is 30.5 Å². The highest BCUT2D eigenvalue weighted by Crippen LogP contribution is 2.19. The van der Waals surface area contributed by atoms with Crippen LogP contribution in [0.15, 0.2) is 18.2 Å². The largest absolute Gasteiger partial charge is 0.426 e. The number of ether oxygens (including phenoxy) is 1. The summed E-state index contributed by atoms with van der Waals surface area (Å²) in [5.74, 6) is 0.266. The van der Waals surface area contributed by atoms with Crippen molar-refractivity contribution in [3.63, 3.8) is 0 Å². The van der Waals surface area contributed by atoms with Gasteiger partial charge in [0.1, 0.15) is 5.75 Å². The Hall–Kier alpha value is -1.39. The Kier molecular flexibility index (Phi) is 7.16. The van der Waals surface area contributed by atoms with E-state index in [9.17, 15) is 4.79 Å². The van der Waals surface area contributed by atoms with E-state index in [2.05, 4.69) is 0 Å². The first-order chi connectivity index (χ1) is 7.63. The zero-order valence-corrected chi connectivity index (χ0v) is 9.86. The van der Waals surface area contributed by atoms with Gasteiger partial charge in [0.25, 0.3) is 0 Å². The van der Waals surface area contributed by atoms with E-state index in [1.54, 1.807) is 6.07 Å². The van der Waals surface area contributed by atoms with Crippen molar-refractivity contribution < 1.29 is 19.7 Å². The van der Waals surface area contributed by atoms with Gasteiger partial charge in [0.15, 0.2) is 0 Å². The van der Waals surface area contributed by atoms with Gasteiger partial charge in [0.05, 0.1) is 0 Å². The Morgan fingerprint density at radius 1 is 1.38 bits per heavy atom.